The van der Waals surface area contributed by atoms with E-state index in [2.05, 4.69) is 0 Å². The monoisotopic (exact) mass is 387 g/mol. The van der Waals surface area contributed by atoms with Crippen LogP contribution in [0.25, 0.3) is 6.08 Å². The first kappa shape index (κ1) is 17.7. The summed E-state index contributed by atoms with van der Waals surface area (Å²) in [6.07, 6.45) is 3.70. The Balaban J connectivity index is 1.66. The highest BCUT2D eigenvalue weighted by molar-refractivity contribution is 6.24. The standard InChI is InChI=1S/C23H21N3O3/c1-12-9-13(2)11-15(10-12)26-22(28)17-18(23(26)29)20(21(24)27)25-8-7-14-5-3-4-6-16(14)19(17)25/h3-11,17-20H,1-2H3,(H2,24,27)/t17-,18+,19-,20-/m0/s1. The molecule has 0 spiro atoms. The zero-order chi connectivity index (χ0) is 20.4. The Bertz CT molecular complexity index is 1090. The fourth-order valence-electron chi connectivity index (χ4n) is 5.22. The summed E-state index contributed by atoms with van der Waals surface area (Å²) in [7, 11) is 0. The molecular formula is C23H21N3O3. The Morgan fingerprint density at radius 2 is 1.62 bits per heavy atom. The Morgan fingerprint density at radius 1 is 0.966 bits per heavy atom. The molecule has 5 rings (SSSR count). The second kappa shape index (κ2) is 6.04. The summed E-state index contributed by atoms with van der Waals surface area (Å²) in [4.78, 5) is 42.4. The molecule has 146 valence electrons. The average molecular weight is 387 g/mol. The number of carbonyl (C=O) groups excluding carboxylic acids is 3. The number of rotatable bonds is 2. The van der Waals surface area contributed by atoms with E-state index in [1.54, 1.807) is 11.1 Å². The first-order valence-electron chi connectivity index (χ1n) is 9.68. The predicted octanol–water partition coefficient (Wildman–Crippen LogP) is 2.30. The third-order valence-electron chi connectivity index (χ3n) is 6.22. The molecule has 29 heavy (non-hydrogen) atoms. The van der Waals surface area contributed by atoms with Gasteiger partial charge in [0.15, 0.2) is 0 Å². The zero-order valence-corrected chi connectivity index (χ0v) is 16.2. The third kappa shape index (κ3) is 2.38. The van der Waals surface area contributed by atoms with Gasteiger partial charge in [0.25, 0.3) is 0 Å². The number of primary amides is 1. The molecule has 2 saturated heterocycles. The van der Waals surface area contributed by atoms with E-state index in [4.69, 9.17) is 5.73 Å². The third-order valence-corrected chi connectivity index (χ3v) is 6.22. The van der Waals surface area contributed by atoms with E-state index in [0.717, 1.165) is 22.3 Å². The van der Waals surface area contributed by atoms with Gasteiger partial charge in [-0.2, -0.15) is 0 Å². The van der Waals surface area contributed by atoms with E-state index in [1.807, 2.05) is 62.4 Å². The summed E-state index contributed by atoms with van der Waals surface area (Å²) in [6, 6.07) is 12.2. The van der Waals surface area contributed by atoms with Gasteiger partial charge in [-0.3, -0.25) is 14.4 Å². The normalized spacial score (nSPS) is 27.1. The summed E-state index contributed by atoms with van der Waals surface area (Å²) in [6.45, 7) is 3.86. The van der Waals surface area contributed by atoms with Crippen LogP contribution in [0, 0.1) is 25.7 Å². The smallest absolute Gasteiger partial charge is 0.240 e. The average Bonchev–Trinajstić information content (AvgIpc) is 3.14. The summed E-state index contributed by atoms with van der Waals surface area (Å²) in [5.74, 6) is -2.65. The number of nitrogens with zero attached hydrogens (tertiary/aromatic N) is 2. The molecule has 3 aliphatic heterocycles. The summed E-state index contributed by atoms with van der Waals surface area (Å²) in [5, 5.41) is 0. The van der Waals surface area contributed by atoms with E-state index >= 15 is 0 Å². The van der Waals surface area contributed by atoms with Crippen molar-refractivity contribution >= 4 is 29.5 Å². The first-order valence-corrected chi connectivity index (χ1v) is 9.68. The Kier molecular flexibility index (Phi) is 3.68. The molecule has 0 aliphatic carbocycles. The predicted molar refractivity (Wildman–Crippen MR) is 108 cm³/mol. The number of nitrogens with two attached hydrogens (primary N) is 1. The van der Waals surface area contributed by atoms with Crippen LogP contribution in [0.3, 0.4) is 0 Å². The van der Waals surface area contributed by atoms with Crippen LogP contribution in [0.5, 0.6) is 0 Å². The van der Waals surface area contributed by atoms with E-state index in [0.29, 0.717) is 5.69 Å². The van der Waals surface area contributed by atoms with Gasteiger partial charge in [-0.15, -0.1) is 0 Å². The van der Waals surface area contributed by atoms with Crippen molar-refractivity contribution < 1.29 is 14.4 Å². The number of benzene rings is 2. The maximum Gasteiger partial charge on any atom is 0.240 e. The van der Waals surface area contributed by atoms with Crippen molar-refractivity contribution in [1.82, 2.24) is 4.90 Å². The number of carbonyl (C=O) groups is 3. The minimum atomic E-state index is -0.845. The lowest BCUT2D eigenvalue weighted by Crippen LogP contribution is -2.46. The van der Waals surface area contributed by atoms with Crippen LogP contribution < -0.4 is 10.6 Å². The van der Waals surface area contributed by atoms with Crippen LogP contribution in [0.4, 0.5) is 5.69 Å². The molecule has 0 unspecified atom stereocenters. The van der Waals surface area contributed by atoms with Gasteiger partial charge in [-0.25, -0.2) is 4.90 Å². The molecule has 0 saturated carbocycles. The van der Waals surface area contributed by atoms with Crippen molar-refractivity contribution in [3.8, 4) is 0 Å². The second-order valence-electron chi connectivity index (χ2n) is 8.09. The first-order chi connectivity index (χ1) is 13.9. The number of hydrogen-bond acceptors (Lipinski definition) is 4. The molecular weight excluding hydrogens is 366 g/mol. The molecule has 0 aromatic heterocycles. The summed E-state index contributed by atoms with van der Waals surface area (Å²) < 4.78 is 0. The van der Waals surface area contributed by atoms with Gasteiger partial charge in [0.05, 0.1) is 23.6 Å². The maximum atomic E-state index is 13.6. The fourth-order valence-corrected chi connectivity index (χ4v) is 5.22. The van der Waals surface area contributed by atoms with Crippen molar-refractivity contribution in [2.24, 2.45) is 17.6 Å². The topological polar surface area (TPSA) is 83.7 Å². The van der Waals surface area contributed by atoms with Crippen molar-refractivity contribution in [3.05, 3.63) is 70.9 Å². The van der Waals surface area contributed by atoms with Gasteiger partial charge in [-0.05, 0) is 54.3 Å². The minimum absolute atomic E-state index is 0.270. The lowest BCUT2D eigenvalue weighted by Gasteiger charge is -2.34. The van der Waals surface area contributed by atoms with Gasteiger partial charge >= 0.3 is 0 Å². The highest BCUT2D eigenvalue weighted by Gasteiger charge is 2.64. The molecule has 2 aromatic rings. The van der Waals surface area contributed by atoms with Crippen molar-refractivity contribution in [2.45, 2.75) is 25.9 Å². The number of fused-ring (bicyclic) bond motifs is 5. The molecule has 3 amide bonds. The van der Waals surface area contributed by atoms with Gasteiger partial charge < -0.3 is 10.6 Å². The van der Waals surface area contributed by atoms with Crippen LogP contribution in [-0.4, -0.2) is 28.7 Å². The molecule has 0 bridgehead atoms. The maximum absolute atomic E-state index is 13.6. The number of amides is 3. The minimum Gasteiger partial charge on any atom is -0.368 e. The van der Waals surface area contributed by atoms with E-state index in [9.17, 15) is 14.4 Å². The van der Waals surface area contributed by atoms with Gasteiger partial charge in [-0.1, -0.05) is 30.3 Å². The largest absolute Gasteiger partial charge is 0.368 e. The number of aryl methyl sites for hydroxylation is 2. The molecule has 4 atom stereocenters. The molecule has 6 heteroatoms. The molecule has 2 N–H and O–H groups in total. The van der Waals surface area contributed by atoms with Crippen LogP contribution in [-0.2, 0) is 14.4 Å². The highest BCUT2D eigenvalue weighted by Crippen LogP contribution is 2.53. The number of imide groups is 1. The lowest BCUT2D eigenvalue weighted by molar-refractivity contribution is -0.129. The summed E-state index contributed by atoms with van der Waals surface area (Å²) >= 11 is 0. The van der Waals surface area contributed by atoms with Crippen LogP contribution >= 0.6 is 0 Å². The Hall–Kier alpha value is -3.41. The number of hydrogen-bond donors (Lipinski definition) is 1. The molecule has 3 aliphatic rings. The van der Waals surface area contributed by atoms with E-state index in [1.165, 1.54) is 4.90 Å². The van der Waals surface area contributed by atoms with E-state index < -0.39 is 23.8 Å². The number of anilines is 1. The van der Waals surface area contributed by atoms with Crippen LogP contribution in [0.15, 0.2) is 48.7 Å². The Morgan fingerprint density at radius 3 is 2.31 bits per heavy atom. The van der Waals surface area contributed by atoms with Gasteiger partial charge in [0.2, 0.25) is 17.7 Å². The van der Waals surface area contributed by atoms with Crippen molar-refractivity contribution in [1.29, 1.82) is 0 Å². The molecule has 3 heterocycles. The van der Waals surface area contributed by atoms with Crippen molar-refractivity contribution in [2.75, 3.05) is 4.90 Å². The molecule has 6 nitrogen and oxygen atoms in total. The lowest BCUT2D eigenvalue weighted by atomic mass is 9.84. The summed E-state index contributed by atoms with van der Waals surface area (Å²) in [5.41, 5.74) is 10.1. The fraction of sp³-hybridized carbons (Fsp3) is 0.261. The van der Waals surface area contributed by atoms with E-state index in [-0.39, 0.29) is 17.9 Å². The molecule has 2 aromatic carbocycles. The second-order valence-corrected chi connectivity index (χ2v) is 8.09. The van der Waals surface area contributed by atoms with Crippen LogP contribution in [0.2, 0.25) is 0 Å². The van der Waals surface area contributed by atoms with Gasteiger partial charge in [0.1, 0.15) is 6.04 Å². The zero-order valence-electron chi connectivity index (χ0n) is 16.2. The SMILES string of the molecule is Cc1cc(C)cc(N2C(=O)[C@@H]3[C@H](C2=O)[C@@H]2c4ccccc4C=CN2[C@@H]3C(N)=O)c1. The highest BCUT2D eigenvalue weighted by atomic mass is 16.2. The van der Waals surface area contributed by atoms with Crippen molar-refractivity contribution in [3.63, 3.8) is 0 Å². The molecule has 2 fully saturated rings. The molecule has 0 radical (unpaired) electrons. The van der Waals surface area contributed by atoms with Gasteiger partial charge in [0, 0.05) is 6.20 Å². The quantitative estimate of drug-likeness (QED) is 0.802. The Labute approximate surface area is 168 Å². The van der Waals surface area contributed by atoms with Crippen LogP contribution in [0.1, 0.15) is 28.3 Å².